The van der Waals surface area contributed by atoms with Crippen LogP contribution in [0.2, 0.25) is 5.02 Å². The highest BCUT2D eigenvalue weighted by atomic mass is 35.5. The first-order chi connectivity index (χ1) is 12.4. The van der Waals surface area contributed by atoms with Crippen LogP contribution in [-0.4, -0.2) is 18.4 Å². The Hall–Kier alpha value is -2.33. The first-order valence-electron chi connectivity index (χ1n) is 8.82. The number of hydrogen-bond donors (Lipinski definition) is 2. The fourth-order valence-corrected chi connectivity index (χ4v) is 3.14. The number of carbonyl (C=O) groups excluding carboxylic acids is 2. The van der Waals surface area contributed by atoms with Crippen molar-refractivity contribution in [3.8, 4) is 0 Å². The van der Waals surface area contributed by atoms with Gasteiger partial charge in [0.15, 0.2) is 0 Å². The maximum Gasteiger partial charge on any atom is 0.240 e. The highest BCUT2D eigenvalue weighted by molar-refractivity contribution is 6.30. The zero-order valence-electron chi connectivity index (χ0n) is 15.1. The predicted octanol–water partition coefficient (Wildman–Crippen LogP) is 4.03. The highest BCUT2D eigenvalue weighted by Gasteiger charge is 2.56. The standard InChI is InChI=1S/C21H23ClN2O2/c1-14-3-8-18(15(2)13-14)24-20(26)21(10-11-21)19(25)23-12-9-16-4-6-17(22)7-5-16/h3-8,13H,9-12H2,1-2H3,(H,23,25)(H,24,26). The average molecular weight is 371 g/mol. The van der Waals surface area contributed by atoms with Gasteiger partial charge in [-0.25, -0.2) is 0 Å². The number of amides is 2. The summed E-state index contributed by atoms with van der Waals surface area (Å²) in [5, 5.41) is 6.52. The van der Waals surface area contributed by atoms with E-state index >= 15 is 0 Å². The van der Waals surface area contributed by atoms with Gasteiger partial charge in [-0.2, -0.15) is 0 Å². The minimum atomic E-state index is -0.919. The monoisotopic (exact) mass is 370 g/mol. The van der Waals surface area contributed by atoms with E-state index in [0.717, 1.165) is 22.4 Å². The van der Waals surface area contributed by atoms with E-state index in [4.69, 9.17) is 11.6 Å². The zero-order valence-corrected chi connectivity index (χ0v) is 15.8. The van der Waals surface area contributed by atoms with Gasteiger partial charge in [-0.15, -0.1) is 0 Å². The maximum atomic E-state index is 12.7. The Morgan fingerprint density at radius 1 is 1.04 bits per heavy atom. The van der Waals surface area contributed by atoms with Gasteiger partial charge in [0.1, 0.15) is 5.41 Å². The number of halogens is 1. The second-order valence-electron chi connectivity index (χ2n) is 6.99. The lowest BCUT2D eigenvalue weighted by molar-refractivity contribution is -0.134. The molecule has 2 aromatic carbocycles. The summed E-state index contributed by atoms with van der Waals surface area (Å²) in [5.74, 6) is -0.401. The molecule has 1 saturated carbocycles. The van der Waals surface area contributed by atoms with E-state index in [1.54, 1.807) is 0 Å². The van der Waals surface area contributed by atoms with Crippen LogP contribution < -0.4 is 10.6 Å². The second-order valence-corrected chi connectivity index (χ2v) is 7.42. The molecule has 0 unspecified atom stereocenters. The van der Waals surface area contributed by atoms with Crippen LogP contribution in [0.1, 0.15) is 29.5 Å². The van der Waals surface area contributed by atoms with Crippen molar-refractivity contribution in [1.29, 1.82) is 0 Å². The van der Waals surface area contributed by atoms with Crippen molar-refractivity contribution in [2.45, 2.75) is 33.1 Å². The molecule has 0 aliphatic heterocycles. The SMILES string of the molecule is Cc1ccc(NC(=O)C2(C(=O)NCCc3ccc(Cl)cc3)CC2)c(C)c1. The second kappa shape index (κ2) is 7.50. The van der Waals surface area contributed by atoms with Gasteiger partial charge in [0.05, 0.1) is 0 Å². The largest absolute Gasteiger partial charge is 0.355 e. The Labute approximate surface area is 158 Å². The molecule has 0 heterocycles. The van der Waals surface area contributed by atoms with Gasteiger partial charge >= 0.3 is 0 Å². The number of aryl methyl sites for hydroxylation is 2. The maximum absolute atomic E-state index is 12.7. The lowest BCUT2D eigenvalue weighted by Gasteiger charge is -2.17. The number of hydrogen-bond acceptors (Lipinski definition) is 2. The minimum Gasteiger partial charge on any atom is -0.355 e. The quantitative estimate of drug-likeness (QED) is 0.754. The normalized spacial score (nSPS) is 14.6. The van der Waals surface area contributed by atoms with Crippen LogP contribution in [0.15, 0.2) is 42.5 Å². The highest BCUT2D eigenvalue weighted by Crippen LogP contribution is 2.47. The minimum absolute atomic E-state index is 0.186. The fourth-order valence-electron chi connectivity index (χ4n) is 3.02. The van der Waals surface area contributed by atoms with Crippen molar-refractivity contribution in [1.82, 2.24) is 5.32 Å². The van der Waals surface area contributed by atoms with Crippen LogP contribution in [-0.2, 0) is 16.0 Å². The van der Waals surface area contributed by atoms with Crippen molar-refractivity contribution in [3.63, 3.8) is 0 Å². The summed E-state index contributed by atoms with van der Waals surface area (Å²) in [6.07, 6.45) is 1.89. The average Bonchev–Trinajstić information content (AvgIpc) is 3.41. The molecular formula is C21H23ClN2O2. The van der Waals surface area contributed by atoms with Gasteiger partial charge in [-0.3, -0.25) is 9.59 Å². The van der Waals surface area contributed by atoms with E-state index in [9.17, 15) is 9.59 Å². The number of nitrogens with one attached hydrogen (secondary N) is 2. The third kappa shape index (κ3) is 4.07. The van der Waals surface area contributed by atoms with E-state index in [-0.39, 0.29) is 11.8 Å². The summed E-state index contributed by atoms with van der Waals surface area (Å²) in [6.45, 7) is 4.46. The van der Waals surface area contributed by atoms with E-state index in [1.165, 1.54) is 0 Å². The molecule has 136 valence electrons. The van der Waals surface area contributed by atoms with Gasteiger partial charge < -0.3 is 10.6 Å². The lowest BCUT2D eigenvalue weighted by atomic mass is 10.0. The zero-order chi connectivity index (χ0) is 18.7. The predicted molar refractivity (Wildman–Crippen MR) is 104 cm³/mol. The molecule has 26 heavy (non-hydrogen) atoms. The molecule has 0 aromatic heterocycles. The van der Waals surface area contributed by atoms with Gasteiger partial charge in [-0.1, -0.05) is 41.4 Å². The van der Waals surface area contributed by atoms with Crippen LogP contribution in [0.5, 0.6) is 0 Å². The van der Waals surface area contributed by atoms with Crippen LogP contribution in [0.3, 0.4) is 0 Å². The molecule has 0 atom stereocenters. The summed E-state index contributed by atoms with van der Waals surface area (Å²) in [4.78, 5) is 25.2. The van der Waals surface area contributed by atoms with E-state index in [2.05, 4.69) is 10.6 Å². The van der Waals surface area contributed by atoms with Crippen molar-refractivity contribution < 1.29 is 9.59 Å². The van der Waals surface area contributed by atoms with Crippen molar-refractivity contribution in [2.75, 3.05) is 11.9 Å². The molecule has 5 heteroatoms. The molecule has 0 spiro atoms. The van der Waals surface area contributed by atoms with Crippen molar-refractivity contribution in [3.05, 3.63) is 64.2 Å². The van der Waals surface area contributed by atoms with Crippen molar-refractivity contribution >= 4 is 29.1 Å². The summed E-state index contributed by atoms with van der Waals surface area (Å²) in [7, 11) is 0. The van der Waals surface area contributed by atoms with Crippen LogP contribution in [0.25, 0.3) is 0 Å². The van der Waals surface area contributed by atoms with Crippen LogP contribution in [0, 0.1) is 19.3 Å². The van der Waals surface area contributed by atoms with Gasteiger partial charge in [-0.05, 0) is 62.4 Å². The smallest absolute Gasteiger partial charge is 0.240 e. The first kappa shape index (κ1) is 18.5. The molecule has 3 rings (SSSR count). The summed E-state index contributed by atoms with van der Waals surface area (Å²) < 4.78 is 0. The molecule has 2 aromatic rings. The number of carbonyl (C=O) groups is 2. The summed E-state index contributed by atoms with van der Waals surface area (Å²) >= 11 is 5.87. The van der Waals surface area contributed by atoms with E-state index in [0.29, 0.717) is 30.8 Å². The summed E-state index contributed by atoms with van der Waals surface area (Å²) in [6, 6.07) is 13.4. The first-order valence-corrected chi connectivity index (χ1v) is 9.20. The summed E-state index contributed by atoms with van der Waals surface area (Å²) in [5.41, 5.74) is 3.08. The van der Waals surface area contributed by atoms with E-state index in [1.807, 2.05) is 56.3 Å². The molecule has 0 radical (unpaired) electrons. The third-order valence-corrected chi connectivity index (χ3v) is 5.11. The Balaban J connectivity index is 1.56. The number of benzene rings is 2. The molecule has 1 fully saturated rings. The molecule has 2 amide bonds. The number of rotatable bonds is 6. The Kier molecular flexibility index (Phi) is 5.33. The van der Waals surface area contributed by atoms with E-state index < -0.39 is 5.41 Å². The molecule has 0 bridgehead atoms. The Morgan fingerprint density at radius 3 is 2.35 bits per heavy atom. The van der Waals surface area contributed by atoms with Crippen LogP contribution in [0.4, 0.5) is 5.69 Å². The topological polar surface area (TPSA) is 58.2 Å². The van der Waals surface area contributed by atoms with Gasteiger partial charge in [0, 0.05) is 17.3 Å². The molecule has 1 aliphatic rings. The van der Waals surface area contributed by atoms with Gasteiger partial charge in [0.2, 0.25) is 11.8 Å². The molecule has 0 saturated heterocycles. The van der Waals surface area contributed by atoms with Gasteiger partial charge in [0.25, 0.3) is 0 Å². The molecule has 2 N–H and O–H groups in total. The van der Waals surface area contributed by atoms with Crippen molar-refractivity contribution in [2.24, 2.45) is 5.41 Å². The Morgan fingerprint density at radius 2 is 1.73 bits per heavy atom. The molecular weight excluding hydrogens is 348 g/mol. The Bertz CT molecular complexity index is 826. The molecule has 4 nitrogen and oxygen atoms in total. The van der Waals surface area contributed by atoms with Crippen LogP contribution >= 0.6 is 11.6 Å². The number of anilines is 1. The third-order valence-electron chi connectivity index (χ3n) is 4.86. The lowest BCUT2D eigenvalue weighted by Crippen LogP contribution is -2.40. The molecule has 1 aliphatic carbocycles. The fraction of sp³-hybridized carbons (Fsp3) is 0.333.